The molecule has 0 aromatic heterocycles. The van der Waals surface area contributed by atoms with Crippen molar-refractivity contribution in [2.24, 2.45) is 0 Å². The summed E-state index contributed by atoms with van der Waals surface area (Å²) in [6, 6.07) is 0. The van der Waals surface area contributed by atoms with Gasteiger partial charge in [-0.05, 0) is 6.92 Å². The van der Waals surface area contributed by atoms with Gasteiger partial charge < -0.3 is 4.74 Å². The van der Waals surface area contributed by atoms with Crippen LogP contribution in [-0.2, 0) is 19.6 Å². The molecular weight excluding hydrogens is 287 g/mol. The molecule has 0 aromatic carbocycles. The summed E-state index contributed by atoms with van der Waals surface area (Å²) in [5.74, 6) is -1.63. The second-order valence-corrected chi connectivity index (χ2v) is 6.28. The predicted molar refractivity (Wildman–Crippen MR) is 60.7 cm³/mol. The topological polar surface area (TPSA) is 63.7 Å². The van der Waals surface area contributed by atoms with Crippen LogP contribution < -0.4 is 0 Å². The summed E-state index contributed by atoms with van der Waals surface area (Å²) in [5, 5.41) is 0. The molecule has 0 saturated heterocycles. The zero-order valence-electron chi connectivity index (χ0n) is 10.6. The number of carbonyl (C=O) groups is 1. The normalized spacial score (nSPS) is 25.9. The number of carbonyl (C=O) groups excluding carboxylic acids is 1. The molecule has 0 N–H and O–H groups in total. The van der Waals surface area contributed by atoms with E-state index in [0.717, 1.165) is 7.11 Å². The highest BCUT2D eigenvalue weighted by Crippen LogP contribution is 2.44. The molecule has 1 heterocycles. The lowest BCUT2D eigenvalue weighted by atomic mass is 9.87. The Kier molecular flexibility index (Phi) is 4.02. The molecule has 0 fully saturated rings. The molecule has 0 aromatic rings. The van der Waals surface area contributed by atoms with Crippen molar-refractivity contribution in [1.82, 2.24) is 4.31 Å². The smallest absolute Gasteiger partial charge is 0.418 e. The van der Waals surface area contributed by atoms with E-state index in [-0.39, 0.29) is 9.88 Å². The number of halogens is 3. The molecule has 0 bridgehead atoms. The van der Waals surface area contributed by atoms with E-state index < -0.39 is 40.7 Å². The molecular formula is C10H14F3NO4S. The molecule has 0 radical (unpaired) electrons. The van der Waals surface area contributed by atoms with E-state index >= 15 is 0 Å². The fourth-order valence-electron chi connectivity index (χ4n) is 2.08. The van der Waals surface area contributed by atoms with Crippen molar-refractivity contribution < 1.29 is 31.1 Å². The van der Waals surface area contributed by atoms with E-state index in [4.69, 9.17) is 0 Å². The summed E-state index contributed by atoms with van der Waals surface area (Å²) in [6.45, 7) is 0.891. The summed E-state index contributed by atoms with van der Waals surface area (Å²) < 4.78 is 67.5. The Hall–Kier alpha value is -1.09. The number of hydrogen-bond donors (Lipinski definition) is 0. The lowest BCUT2D eigenvalue weighted by molar-refractivity contribution is -0.227. The Morgan fingerprint density at radius 3 is 2.37 bits per heavy atom. The van der Waals surface area contributed by atoms with Gasteiger partial charge in [0, 0.05) is 13.0 Å². The van der Waals surface area contributed by atoms with E-state index in [0.29, 0.717) is 6.26 Å². The van der Waals surface area contributed by atoms with Gasteiger partial charge in [0.05, 0.1) is 13.4 Å². The average Bonchev–Trinajstić information content (AvgIpc) is 2.24. The summed E-state index contributed by atoms with van der Waals surface area (Å²) in [6.07, 6.45) is -3.87. The number of sulfonamides is 1. The third kappa shape index (κ3) is 2.62. The van der Waals surface area contributed by atoms with Crippen molar-refractivity contribution in [3.63, 3.8) is 0 Å². The van der Waals surface area contributed by atoms with E-state index in [9.17, 15) is 26.4 Å². The van der Waals surface area contributed by atoms with E-state index in [1.165, 1.54) is 13.0 Å². The highest BCUT2D eigenvalue weighted by atomic mass is 32.2. The van der Waals surface area contributed by atoms with Crippen LogP contribution in [0.2, 0.25) is 0 Å². The molecule has 0 saturated carbocycles. The van der Waals surface area contributed by atoms with Crippen molar-refractivity contribution in [3.8, 4) is 0 Å². The van der Waals surface area contributed by atoms with Gasteiger partial charge in [-0.1, -0.05) is 11.6 Å². The zero-order chi connectivity index (χ0) is 15.1. The minimum atomic E-state index is -5.07. The lowest BCUT2D eigenvalue weighted by Gasteiger charge is -2.42. The Labute approximate surface area is 109 Å². The third-order valence-corrected chi connectivity index (χ3v) is 4.22. The molecule has 0 spiro atoms. The van der Waals surface area contributed by atoms with Gasteiger partial charge in [-0.15, -0.1) is 0 Å². The maximum Gasteiger partial charge on any atom is 0.418 e. The summed E-state index contributed by atoms with van der Waals surface area (Å²) in [7, 11) is -3.43. The van der Waals surface area contributed by atoms with Gasteiger partial charge in [0.25, 0.3) is 0 Å². The zero-order valence-corrected chi connectivity index (χ0v) is 11.4. The number of esters is 1. The SMILES string of the molecule is COC(=O)[C@]1(C(F)(F)F)CC(C)=CCN1S(C)(=O)=O. The number of methoxy groups -OCH3 is 1. The first-order valence-corrected chi connectivity index (χ1v) is 7.10. The van der Waals surface area contributed by atoms with Gasteiger partial charge in [-0.25, -0.2) is 13.2 Å². The van der Waals surface area contributed by atoms with Gasteiger partial charge in [0.1, 0.15) is 0 Å². The molecule has 1 aliphatic heterocycles. The van der Waals surface area contributed by atoms with Gasteiger partial charge in [-0.2, -0.15) is 17.5 Å². The first kappa shape index (κ1) is 16.0. The second-order valence-electron chi connectivity index (χ2n) is 4.37. The fourth-order valence-corrected chi connectivity index (χ4v) is 3.23. The fraction of sp³-hybridized carbons (Fsp3) is 0.700. The number of rotatable bonds is 2. The average molecular weight is 301 g/mol. The molecule has 110 valence electrons. The van der Waals surface area contributed by atoms with Crippen molar-refractivity contribution in [1.29, 1.82) is 0 Å². The van der Waals surface area contributed by atoms with Crippen molar-refractivity contribution in [2.45, 2.75) is 25.1 Å². The van der Waals surface area contributed by atoms with Crippen LogP contribution in [0.3, 0.4) is 0 Å². The standard InChI is InChI=1S/C10H14F3NO4S/c1-7-4-5-14(19(3,16)17)9(6-7,8(15)18-2)10(11,12)13/h4H,5-6H2,1-3H3/t9-/m0/s1. The first-order valence-electron chi connectivity index (χ1n) is 5.25. The Morgan fingerprint density at radius 2 is 2.00 bits per heavy atom. The molecule has 0 aliphatic carbocycles. The van der Waals surface area contributed by atoms with Crippen LogP contribution in [0.15, 0.2) is 11.6 Å². The summed E-state index contributed by atoms with van der Waals surface area (Å²) >= 11 is 0. The highest BCUT2D eigenvalue weighted by molar-refractivity contribution is 7.88. The molecule has 19 heavy (non-hydrogen) atoms. The largest absolute Gasteiger partial charge is 0.467 e. The predicted octanol–water partition coefficient (Wildman–Crippen LogP) is 1.07. The van der Waals surface area contributed by atoms with Crippen LogP contribution in [0.25, 0.3) is 0 Å². The number of alkyl halides is 3. The Bertz CT molecular complexity index is 511. The number of hydrogen-bond acceptors (Lipinski definition) is 4. The molecule has 0 amide bonds. The molecule has 0 unspecified atom stereocenters. The van der Waals surface area contributed by atoms with Gasteiger partial charge >= 0.3 is 12.1 Å². The molecule has 1 rings (SSSR count). The van der Waals surface area contributed by atoms with E-state index in [2.05, 4.69) is 4.74 Å². The Morgan fingerprint density at radius 1 is 1.47 bits per heavy atom. The van der Waals surface area contributed by atoms with Crippen LogP contribution in [0.1, 0.15) is 13.3 Å². The molecule has 1 aliphatic rings. The Balaban J connectivity index is 3.56. The first-order chi connectivity index (χ1) is 8.46. The van der Waals surface area contributed by atoms with Crippen molar-refractivity contribution in [3.05, 3.63) is 11.6 Å². The monoisotopic (exact) mass is 301 g/mol. The summed E-state index contributed by atoms with van der Waals surface area (Å²) in [4.78, 5) is 11.7. The minimum Gasteiger partial charge on any atom is -0.467 e. The third-order valence-electron chi connectivity index (χ3n) is 2.96. The van der Waals surface area contributed by atoms with Gasteiger partial charge in [0.2, 0.25) is 15.6 Å². The molecule has 9 heteroatoms. The number of ether oxygens (including phenoxy) is 1. The lowest BCUT2D eigenvalue weighted by Crippen LogP contribution is -2.67. The highest BCUT2D eigenvalue weighted by Gasteiger charge is 2.67. The minimum absolute atomic E-state index is 0.138. The van der Waals surface area contributed by atoms with Crippen LogP contribution in [0, 0.1) is 0 Å². The second kappa shape index (κ2) is 4.78. The van der Waals surface area contributed by atoms with Crippen LogP contribution >= 0.6 is 0 Å². The quantitative estimate of drug-likeness (QED) is 0.565. The van der Waals surface area contributed by atoms with Gasteiger partial charge in [0.15, 0.2) is 0 Å². The van der Waals surface area contributed by atoms with Crippen molar-refractivity contribution in [2.75, 3.05) is 19.9 Å². The van der Waals surface area contributed by atoms with Gasteiger partial charge in [-0.3, -0.25) is 0 Å². The summed E-state index contributed by atoms with van der Waals surface area (Å²) in [5.41, 5.74) is -2.91. The van der Waals surface area contributed by atoms with Crippen molar-refractivity contribution >= 4 is 16.0 Å². The number of nitrogens with zero attached hydrogens (tertiary/aromatic N) is 1. The van der Waals surface area contributed by atoms with E-state index in [1.54, 1.807) is 0 Å². The van der Waals surface area contributed by atoms with Crippen LogP contribution in [-0.4, -0.2) is 50.3 Å². The van der Waals surface area contributed by atoms with E-state index in [1.807, 2.05) is 0 Å². The molecule has 5 nitrogen and oxygen atoms in total. The molecule has 1 atom stereocenters. The maximum atomic E-state index is 13.4. The maximum absolute atomic E-state index is 13.4. The van der Waals surface area contributed by atoms with Crippen LogP contribution in [0.4, 0.5) is 13.2 Å². The van der Waals surface area contributed by atoms with Crippen LogP contribution in [0.5, 0.6) is 0 Å².